The number of fused-ring (bicyclic) bond motifs is 1. The minimum absolute atomic E-state index is 0.0168. The Morgan fingerprint density at radius 1 is 1.03 bits per heavy atom. The third-order valence-electron chi connectivity index (χ3n) is 5.32. The summed E-state index contributed by atoms with van der Waals surface area (Å²) in [5.41, 5.74) is 3.21. The van der Waals surface area contributed by atoms with Crippen molar-refractivity contribution >= 4 is 22.9 Å². The van der Waals surface area contributed by atoms with E-state index in [9.17, 15) is 19.1 Å². The van der Waals surface area contributed by atoms with Crippen molar-refractivity contribution in [1.82, 2.24) is 20.7 Å². The van der Waals surface area contributed by atoms with E-state index in [1.54, 1.807) is 0 Å². The fraction of sp³-hybridized carbons (Fsp3) is 0.167. The Balaban J connectivity index is 1.53. The Hall–Kier alpha value is -4.11. The number of carboxylic acids is 1. The molecule has 0 radical (unpaired) electrons. The molecule has 1 heterocycles. The number of nitrogens with one attached hydrogen (secondary N) is 2. The van der Waals surface area contributed by atoms with E-state index in [1.807, 2.05) is 54.6 Å². The SMILES string of the molecule is O=C(NC(Cc1ccc(-c2ccccc2)cc1)CC(O)C(=O)O)c1cc(F)c2[nH]nnc2c1. The largest absolute Gasteiger partial charge is 0.479 e. The number of aliphatic hydroxyl groups is 1. The maximum absolute atomic E-state index is 14.2. The summed E-state index contributed by atoms with van der Waals surface area (Å²) in [6.45, 7) is 0. The first-order valence-corrected chi connectivity index (χ1v) is 10.3. The van der Waals surface area contributed by atoms with Gasteiger partial charge in [0.2, 0.25) is 0 Å². The number of carbonyl (C=O) groups excluding carboxylic acids is 1. The van der Waals surface area contributed by atoms with Crippen LogP contribution in [0.2, 0.25) is 0 Å². The predicted molar refractivity (Wildman–Crippen MR) is 119 cm³/mol. The van der Waals surface area contributed by atoms with E-state index in [4.69, 9.17) is 5.11 Å². The van der Waals surface area contributed by atoms with Gasteiger partial charge in [-0.3, -0.25) is 9.89 Å². The van der Waals surface area contributed by atoms with Crippen molar-refractivity contribution < 1.29 is 24.2 Å². The van der Waals surface area contributed by atoms with Crippen molar-refractivity contribution in [3.05, 3.63) is 83.7 Å². The molecule has 1 aromatic heterocycles. The van der Waals surface area contributed by atoms with Crippen molar-refractivity contribution in [2.24, 2.45) is 0 Å². The van der Waals surface area contributed by atoms with E-state index in [2.05, 4.69) is 20.7 Å². The molecule has 0 aliphatic heterocycles. The van der Waals surface area contributed by atoms with Gasteiger partial charge in [-0.25, -0.2) is 9.18 Å². The Morgan fingerprint density at radius 3 is 2.42 bits per heavy atom. The summed E-state index contributed by atoms with van der Waals surface area (Å²) in [4.78, 5) is 24.0. The van der Waals surface area contributed by atoms with Crippen LogP contribution in [0, 0.1) is 5.82 Å². The Bertz CT molecular complexity index is 1270. The molecule has 9 heteroatoms. The number of benzene rings is 3. The molecule has 0 fully saturated rings. The predicted octanol–water partition coefficient (Wildman–Crippen LogP) is 2.94. The number of hydrogen-bond acceptors (Lipinski definition) is 5. The first-order valence-electron chi connectivity index (χ1n) is 10.3. The third kappa shape index (κ3) is 5.21. The van der Waals surface area contributed by atoms with Gasteiger partial charge in [0.1, 0.15) is 11.0 Å². The van der Waals surface area contributed by atoms with Gasteiger partial charge in [0, 0.05) is 18.0 Å². The number of halogens is 1. The molecule has 0 aliphatic rings. The van der Waals surface area contributed by atoms with Gasteiger partial charge in [-0.1, -0.05) is 59.8 Å². The number of aliphatic hydroxyl groups excluding tert-OH is 1. The first-order chi connectivity index (χ1) is 15.9. The molecule has 4 N–H and O–H groups in total. The van der Waals surface area contributed by atoms with Crippen LogP contribution in [0.25, 0.3) is 22.2 Å². The normalized spacial score (nSPS) is 12.9. The van der Waals surface area contributed by atoms with Gasteiger partial charge >= 0.3 is 5.97 Å². The minimum atomic E-state index is -1.66. The summed E-state index contributed by atoms with van der Waals surface area (Å²) < 4.78 is 14.2. The second-order valence-electron chi connectivity index (χ2n) is 7.69. The van der Waals surface area contributed by atoms with Crippen LogP contribution < -0.4 is 5.32 Å². The Kier molecular flexibility index (Phi) is 6.41. The number of carbonyl (C=O) groups is 2. The van der Waals surface area contributed by atoms with Gasteiger partial charge in [-0.15, -0.1) is 5.10 Å². The summed E-state index contributed by atoms with van der Waals surface area (Å²) >= 11 is 0. The highest BCUT2D eigenvalue weighted by molar-refractivity contribution is 5.97. The van der Waals surface area contributed by atoms with Crippen molar-refractivity contribution in [2.75, 3.05) is 0 Å². The zero-order valence-electron chi connectivity index (χ0n) is 17.4. The zero-order chi connectivity index (χ0) is 23.4. The molecule has 168 valence electrons. The van der Waals surface area contributed by atoms with Crippen molar-refractivity contribution in [2.45, 2.75) is 25.0 Å². The highest BCUT2D eigenvalue weighted by Gasteiger charge is 2.23. The van der Waals surface area contributed by atoms with E-state index in [1.165, 1.54) is 6.07 Å². The number of aromatic nitrogens is 3. The molecule has 4 aromatic rings. The minimum Gasteiger partial charge on any atom is -0.479 e. The highest BCUT2D eigenvalue weighted by Crippen LogP contribution is 2.21. The zero-order valence-corrected chi connectivity index (χ0v) is 17.4. The molecule has 0 saturated heterocycles. The van der Waals surface area contributed by atoms with Crippen LogP contribution in [0.3, 0.4) is 0 Å². The van der Waals surface area contributed by atoms with Crippen LogP contribution >= 0.6 is 0 Å². The van der Waals surface area contributed by atoms with Crippen molar-refractivity contribution in [3.8, 4) is 11.1 Å². The molecule has 0 bridgehead atoms. The van der Waals surface area contributed by atoms with Crippen LogP contribution in [0.5, 0.6) is 0 Å². The first kappa shape index (κ1) is 22.1. The lowest BCUT2D eigenvalue weighted by Crippen LogP contribution is -2.40. The Morgan fingerprint density at radius 2 is 1.73 bits per heavy atom. The lowest BCUT2D eigenvalue weighted by atomic mass is 9.97. The number of nitrogens with zero attached hydrogens (tertiary/aromatic N) is 2. The van der Waals surface area contributed by atoms with Gasteiger partial charge in [-0.05, 0) is 35.2 Å². The number of amides is 1. The van der Waals surface area contributed by atoms with Crippen LogP contribution in [-0.4, -0.2) is 49.6 Å². The maximum atomic E-state index is 14.2. The van der Waals surface area contributed by atoms with Crippen LogP contribution in [0.4, 0.5) is 4.39 Å². The van der Waals surface area contributed by atoms with Gasteiger partial charge < -0.3 is 15.5 Å². The third-order valence-corrected chi connectivity index (χ3v) is 5.32. The van der Waals surface area contributed by atoms with E-state index < -0.39 is 29.8 Å². The van der Waals surface area contributed by atoms with E-state index in [0.29, 0.717) is 0 Å². The summed E-state index contributed by atoms with van der Waals surface area (Å²) in [6.07, 6.45) is -1.59. The number of carboxylic acid groups (broad SMARTS) is 1. The number of rotatable bonds is 8. The van der Waals surface area contributed by atoms with Gasteiger partial charge in [0.25, 0.3) is 5.91 Å². The molecule has 0 aliphatic carbocycles. The fourth-order valence-corrected chi connectivity index (χ4v) is 3.62. The summed E-state index contributed by atoms with van der Waals surface area (Å²) in [7, 11) is 0. The molecule has 2 atom stereocenters. The number of aliphatic carboxylic acids is 1. The summed E-state index contributed by atoms with van der Waals surface area (Å²) in [5.74, 6) is -2.67. The molecule has 0 spiro atoms. The van der Waals surface area contributed by atoms with Crippen molar-refractivity contribution in [1.29, 1.82) is 0 Å². The van der Waals surface area contributed by atoms with E-state index >= 15 is 0 Å². The van der Waals surface area contributed by atoms with E-state index in [0.717, 1.165) is 22.8 Å². The molecule has 0 saturated carbocycles. The fourth-order valence-electron chi connectivity index (χ4n) is 3.62. The second-order valence-corrected chi connectivity index (χ2v) is 7.69. The average Bonchev–Trinajstić information content (AvgIpc) is 3.29. The highest BCUT2D eigenvalue weighted by atomic mass is 19.1. The molecular formula is C24H21FN4O4. The molecule has 2 unspecified atom stereocenters. The standard InChI is InChI=1S/C24H21FN4O4/c25-19-11-17(12-20-22(19)28-29-27-20)23(31)26-18(13-21(30)24(32)33)10-14-6-8-16(9-7-14)15-4-2-1-3-5-15/h1-9,11-12,18,21,30H,10,13H2,(H,26,31)(H,32,33)(H,27,28,29). The topological polar surface area (TPSA) is 128 Å². The maximum Gasteiger partial charge on any atom is 0.332 e. The molecule has 1 amide bonds. The molecule has 33 heavy (non-hydrogen) atoms. The van der Waals surface area contributed by atoms with Crippen molar-refractivity contribution in [3.63, 3.8) is 0 Å². The monoisotopic (exact) mass is 448 g/mol. The molecule has 3 aromatic carbocycles. The number of aromatic amines is 1. The molecular weight excluding hydrogens is 427 g/mol. The smallest absolute Gasteiger partial charge is 0.332 e. The lowest BCUT2D eigenvalue weighted by Gasteiger charge is -2.21. The van der Waals surface area contributed by atoms with Gasteiger partial charge in [0.05, 0.1) is 0 Å². The van der Waals surface area contributed by atoms with Gasteiger partial charge in [-0.2, -0.15) is 0 Å². The van der Waals surface area contributed by atoms with Crippen LogP contribution in [0.15, 0.2) is 66.7 Å². The second kappa shape index (κ2) is 9.58. The number of hydrogen-bond donors (Lipinski definition) is 4. The quantitative estimate of drug-likeness (QED) is 0.328. The van der Waals surface area contributed by atoms with Crippen LogP contribution in [-0.2, 0) is 11.2 Å². The summed E-state index contributed by atoms with van der Waals surface area (Å²) in [5, 5.41) is 31.4. The van der Waals surface area contributed by atoms with Gasteiger partial charge in [0.15, 0.2) is 11.9 Å². The number of H-pyrrole nitrogens is 1. The van der Waals surface area contributed by atoms with E-state index in [-0.39, 0.29) is 29.4 Å². The summed E-state index contributed by atoms with van der Waals surface area (Å²) in [6, 6.07) is 19.2. The Labute approximate surface area is 188 Å². The lowest BCUT2D eigenvalue weighted by molar-refractivity contribution is -0.147. The average molecular weight is 448 g/mol. The van der Waals surface area contributed by atoms with Crippen LogP contribution in [0.1, 0.15) is 22.3 Å². The molecule has 8 nitrogen and oxygen atoms in total. The molecule has 4 rings (SSSR count).